The Kier molecular flexibility index (Phi) is 14.0. The van der Waals surface area contributed by atoms with Gasteiger partial charge in [-0.15, -0.1) is 0 Å². The maximum absolute atomic E-state index is 11.9. The molecule has 212 valence electrons. The van der Waals surface area contributed by atoms with Gasteiger partial charge in [-0.25, -0.2) is 14.4 Å². The molecule has 0 aromatic rings. The highest BCUT2D eigenvalue weighted by Gasteiger charge is 2.42. The zero-order chi connectivity index (χ0) is 26.4. The van der Waals surface area contributed by atoms with Crippen LogP contribution in [0.5, 0.6) is 0 Å². The van der Waals surface area contributed by atoms with Gasteiger partial charge < -0.3 is 41.4 Å². The van der Waals surface area contributed by atoms with Gasteiger partial charge in [0.15, 0.2) is 0 Å². The Hall–Kier alpha value is -2.68. The third-order valence-corrected chi connectivity index (χ3v) is 5.06. The molecule has 8 N–H and O–H groups in total. The smallest absolute Gasteiger partial charge is 0.411 e. The molecule has 14 heteroatoms. The van der Waals surface area contributed by atoms with Crippen molar-refractivity contribution in [1.82, 2.24) is 16.0 Å². The highest BCUT2D eigenvalue weighted by molar-refractivity contribution is 5.85. The van der Waals surface area contributed by atoms with Crippen molar-refractivity contribution in [3.05, 3.63) is 0 Å². The molecule has 3 amide bonds. The van der Waals surface area contributed by atoms with Crippen LogP contribution in [0.3, 0.4) is 0 Å². The first-order chi connectivity index (χ1) is 15.5. The molecular formula is C22H44N4O10. The number of carboxylic acid groups (broad SMARTS) is 1. The summed E-state index contributed by atoms with van der Waals surface area (Å²) in [5.74, 6) is -1.56. The molecule has 0 saturated carbocycles. The van der Waals surface area contributed by atoms with E-state index in [9.17, 15) is 19.2 Å². The van der Waals surface area contributed by atoms with Crippen LogP contribution in [0.25, 0.3) is 0 Å². The Labute approximate surface area is 212 Å². The molecule has 0 spiro atoms. The van der Waals surface area contributed by atoms with Gasteiger partial charge in [-0.1, -0.05) is 0 Å². The van der Waals surface area contributed by atoms with Crippen LogP contribution in [0, 0.1) is 0 Å². The van der Waals surface area contributed by atoms with Gasteiger partial charge in [0.2, 0.25) is 5.91 Å². The fourth-order valence-corrected chi connectivity index (χ4v) is 3.48. The van der Waals surface area contributed by atoms with Gasteiger partial charge in [0, 0.05) is 27.1 Å². The molecule has 2 fully saturated rings. The van der Waals surface area contributed by atoms with E-state index in [1.54, 1.807) is 48.7 Å². The van der Waals surface area contributed by atoms with Crippen molar-refractivity contribution >= 4 is 24.1 Å². The predicted octanol–water partition coefficient (Wildman–Crippen LogP) is 0.929. The van der Waals surface area contributed by atoms with Crippen LogP contribution in [-0.4, -0.2) is 107 Å². The first-order valence-corrected chi connectivity index (χ1v) is 11.1. The Balaban J connectivity index is 0. The molecule has 0 aliphatic carbocycles. The molecule has 0 unspecified atom stereocenters. The van der Waals surface area contributed by atoms with E-state index in [2.05, 4.69) is 0 Å². The minimum Gasteiger partial charge on any atom is -0.480 e. The van der Waals surface area contributed by atoms with Crippen LogP contribution in [0.1, 0.15) is 54.4 Å². The van der Waals surface area contributed by atoms with E-state index < -0.39 is 47.3 Å². The number of carboxylic acids is 1. The third kappa shape index (κ3) is 10.9. The second-order valence-electron chi connectivity index (χ2n) is 10.2. The van der Waals surface area contributed by atoms with Crippen molar-refractivity contribution < 1.29 is 48.7 Å². The van der Waals surface area contributed by atoms with Gasteiger partial charge in [-0.3, -0.25) is 14.6 Å². The molecule has 2 aliphatic rings. The molecule has 0 bridgehead atoms. The van der Waals surface area contributed by atoms with E-state index in [0.717, 1.165) is 0 Å². The maximum atomic E-state index is 11.9. The van der Waals surface area contributed by atoms with Crippen molar-refractivity contribution in [1.29, 1.82) is 0 Å². The third-order valence-electron chi connectivity index (χ3n) is 5.06. The standard InChI is InChI=1S/C11H20N2O4.C11H19NO5.H3N.H2O/c1-11(2,3)17-10(15)13-6-7(16-4)5-8(13)9(12)14;1-11(2,3)17-10(15)12-6-7(16-4)5-8(12)9(13)14;;/h7-8H,5-6H2,1-4H3,(H2,12,14);7-8H,5-6H2,1-4H3,(H,13,14);1H3;1H2/t2*7-,8-;;/m00../s1. The summed E-state index contributed by atoms with van der Waals surface area (Å²) in [7, 11) is 3.05. The van der Waals surface area contributed by atoms with Crippen LogP contribution in [-0.2, 0) is 28.5 Å². The summed E-state index contributed by atoms with van der Waals surface area (Å²) < 4.78 is 20.6. The zero-order valence-electron chi connectivity index (χ0n) is 22.5. The quantitative estimate of drug-likeness (QED) is 0.471. The summed E-state index contributed by atoms with van der Waals surface area (Å²) in [6.45, 7) is 11.1. The first-order valence-electron chi connectivity index (χ1n) is 11.1. The van der Waals surface area contributed by atoms with E-state index in [0.29, 0.717) is 19.4 Å². The molecule has 36 heavy (non-hydrogen) atoms. The van der Waals surface area contributed by atoms with Gasteiger partial charge in [0.25, 0.3) is 0 Å². The zero-order valence-corrected chi connectivity index (χ0v) is 22.5. The highest BCUT2D eigenvalue weighted by atomic mass is 16.6. The lowest BCUT2D eigenvalue weighted by Gasteiger charge is -2.27. The van der Waals surface area contributed by atoms with E-state index in [1.165, 1.54) is 16.9 Å². The van der Waals surface area contributed by atoms with Gasteiger partial charge in [0.05, 0.1) is 25.3 Å². The number of hydrogen-bond donors (Lipinski definition) is 3. The number of methoxy groups -OCH3 is 2. The van der Waals surface area contributed by atoms with E-state index in [1.807, 2.05) is 0 Å². The molecule has 4 atom stereocenters. The van der Waals surface area contributed by atoms with Crippen molar-refractivity contribution in [3.63, 3.8) is 0 Å². The molecule has 2 heterocycles. The number of likely N-dealkylation sites (tertiary alicyclic amines) is 2. The number of hydrogen-bond acceptors (Lipinski definition) is 9. The lowest BCUT2D eigenvalue weighted by molar-refractivity contribution is -0.142. The second kappa shape index (κ2) is 14.2. The molecule has 2 saturated heterocycles. The fraction of sp³-hybridized carbons (Fsp3) is 0.818. The van der Waals surface area contributed by atoms with Gasteiger partial charge in [-0.05, 0) is 41.5 Å². The number of rotatable bonds is 4. The summed E-state index contributed by atoms with van der Waals surface area (Å²) in [6.07, 6.45) is -0.829. The highest BCUT2D eigenvalue weighted by Crippen LogP contribution is 2.24. The van der Waals surface area contributed by atoms with E-state index in [4.69, 9.17) is 29.8 Å². The van der Waals surface area contributed by atoms with Crippen molar-refractivity contribution in [3.8, 4) is 0 Å². The number of nitrogens with two attached hydrogens (primary N) is 1. The number of primary amides is 1. The topological polar surface area (TPSA) is 224 Å². The van der Waals surface area contributed by atoms with Crippen LogP contribution in [0.2, 0.25) is 0 Å². The summed E-state index contributed by atoms with van der Waals surface area (Å²) in [5.41, 5.74) is 4.04. The average molecular weight is 525 g/mol. The minimum atomic E-state index is -1.03. The summed E-state index contributed by atoms with van der Waals surface area (Å²) in [4.78, 5) is 48.5. The molecule has 14 nitrogen and oxygen atoms in total. The van der Waals surface area contributed by atoms with Crippen LogP contribution < -0.4 is 11.9 Å². The number of nitrogens with zero attached hydrogens (tertiary/aromatic N) is 2. The Morgan fingerprint density at radius 1 is 0.778 bits per heavy atom. The molecule has 0 aromatic heterocycles. The number of carbonyl (C=O) groups is 4. The Morgan fingerprint density at radius 2 is 1.11 bits per heavy atom. The number of aliphatic carboxylic acids is 1. The van der Waals surface area contributed by atoms with Gasteiger partial charge in [-0.2, -0.15) is 0 Å². The molecule has 2 aliphatic heterocycles. The average Bonchev–Trinajstić information content (AvgIpc) is 3.30. The van der Waals surface area contributed by atoms with E-state index >= 15 is 0 Å². The van der Waals surface area contributed by atoms with Crippen molar-refractivity contribution in [2.24, 2.45) is 5.73 Å². The molecule has 2 rings (SSSR count). The monoisotopic (exact) mass is 524 g/mol. The molecule has 0 radical (unpaired) electrons. The van der Waals surface area contributed by atoms with Crippen molar-refractivity contribution in [2.75, 3.05) is 27.3 Å². The van der Waals surface area contributed by atoms with Gasteiger partial charge >= 0.3 is 18.2 Å². The first kappa shape index (κ1) is 35.5. The Bertz CT molecular complexity index is 688. The van der Waals surface area contributed by atoms with Crippen LogP contribution in [0.15, 0.2) is 0 Å². The largest absolute Gasteiger partial charge is 0.480 e. The van der Waals surface area contributed by atoms with Crippen LogP contribution in [0.4, 0.5) is 9.59 Å². The predicted molar refractivity (Wildman–Crippen MR) is 130 cm³/mol. The van der Waals surface area contributed by atoms with E-state index in [-0.39, 0.29) is 30.4 Å². The number of carbonyl (C=O) groups excluding carboxylic acids is 3. The van der Waals surface area contributed by atoms with Gasteiger partial charge in [0.1, 0.15) is 23.3 Å². The lowest BCUT2D eigenvalue weighted by Crippen LogP contribution is -2.45. The fourth-order valence-electron chi connectivity index (χ4n) is 3.48. The minimum absolute atomic E-state index is 0. The number of amides is 3. The van der Waals surface area contributed by atoms with Crippen molar-refractivity contribution in [2.45, 2.75) is 89.9 Å². The summed E-state index contributed by atoms with van der Waals surface area (Å²) >= 11 is 0. The lowest BCUT2D eigenvalue weighted by atomic mass is 10.2. The molecular weight excluding hydrogens is 480 g/mol. The molecule has 0 aromatic carbocycles. The van der Waals surface area contributed by atoms with Crippen LogP contribution >= 0.6 is 0 Å². The number of ether oxygens (including phenoxy) is 4. The summed E-state index contributed by atoms with van der Waals surface area (Å²) in [6, 6.07) is -1.51. The Morgan fingerprint density at radius 3 is 1.39 bits per heavy atom. The SMILES string of the molecule is CO[C@H]1C[C@@H](C(=O)O)N(C(=O)OC(C)(C)C)C1.CO[C@H]1C[C@@H](C(N)=O)N(C(=O)OC(C)(C)C)C1.N.O. The second-order valence-corrected chi connectivity index (χ2v) is 10.2. The normalized spacial score (nSPS) is 23.4. The summed E-state index contributed by atoms with van der Waals surface area (Å²) in [5, 5.41) is 9.04. The maximum Gasteiger partial charge on any atom is 0.411 e.